The van der Waals surface area contributed by atoms with E-state index < -0.39 is 0 Å². The third-order valence-electron chi connectivity index (χ3n) is 4.05. The SMILES string of the molecule is Brc1ccc(CN2C=Cc3nc(-c4cc(Br)cc(Br)c4)[nH]c3C2)cc1. The maximum atomic E-state index is 4.74. The third kappa shape index (κ3) is 3.91. The van der Waals surface area contributed by atoms with Gasteiger partial charge in [-0.15, -0.1) is 0 Å². The van der Waals surface area contributed by atoms with E-state index in [-0.39, 0.29) is 0 Å². The summed E-state index contributed by atoms with van der Waals surface area (Å²) in [7, 11) is 0. The predicted molar refractivity (Wildman–Crippen MR) is 112 cm³/mol. The van der Waals surface area contributed by atoms with Crippen LogP contribution in [0, 0.1) is 0 Å². The van der Waals surface area contributed by atoms with Gasteiger partial charge in [0.25, 0.3) is 0 Å². The minimum atomic E-state index is 0.823. The Hall–Kier alpha value is -1.37. The van der Waals surface area contributed by atoms with E-state index in [1.807, 2.05) is 6.07 Å². The Kier molecular flexibility index (Phi) is 4.84. The van der Waals surface area contributed by atoms with Gasteiger partial charge in [-0.05, 0) is 42.0 Å². The quantitative estimate of drug-likeness (QED) is 0.434. The molecule has 0 bridgehead atoms. The van der Waals surface area contributed by atoms with Crippen molar-refractivity contribution < 1.29 is 0 Å². The summed E-state index contributed by atoms with van der Waals surface area (Å²) in [6.07, 6.45) is 4.19. The number of hydrogen-bond acceptors (Lipinski definition) is 2. The van der Waals surface area contributed by atoms with E-state index in [0.717, 1.165) is 49.3 Å². The zero-order valence-corrected chi connectivity index (χ0v) is 17.9. The second-order valence-corrected chi connectivity index (χ2v) is 8.70. The number of nitrogens with one attached hydrogen (secondary N) is 1. The number of benzene rings is 2. The van der Waals surface area contributed by atoms with Gasteiger partial charge in [-0.25, -0.2) is 4.98 Å². The highest BCUT2D eigenvalue weighted by molar-refractivity contribution is 9.11. The van der Waals surface area contributed by atoms with Gasteiger partial charge in [0.1, 0.15) is 5.82 Å². The van der Waals surface area contributed by atoms with Crippen molar-refractivity contribution in [3.63, 3.8) is 0 Å². The third-order valence-corrected chi connectivity index (χ3v) is 5.49. The van der Waals surface area contributed by atoms with Crippen LogP contribution in [-0.4, -0.2) is 14.9 Å². The lowest BCUT2D eigenvalue weighted by Crippen LogP contribution is -2.19. The summed E-state index contributed by atoms with van der Waals surface area (Å²) in [6.45, 7) is 1.70. The highest BCUT2D eigenvalue weighted by Gasteiger charge is 2.16. The van der Waals surface area contributed by atoms with E-state index >= 15 is 0 Å². The number of aromatic nitrogens is 2. The topological polar surface area (TPSA) is 31.9 Å². The minimum Gasteiger partial charge on any atom is -0.367 e. The molecule has 0 atom stereocenters. The fourth-order valence-corrected chi connectivity index (χ4v) is 4.43. The van der Waals surface area contributed by atoms with Gasteiger partial charge >= 0.3 is 0 Å². The van der Waals surface area contributed by atoms with Gasteiger partial charge in [0.2, 0.25) is 0 Å². The fourth-order valence-electron chi connectivity index (χ4n) is 2.87. The molecule has 1 aliphatic heterocycles. The molecule has 0 radical (unpaired) electrons. The van der Waals surface area contributed by atoms with E-state index in [1.54, 1.807) is 0 Å². The maximum Gasteiger partial charge on any atom is 0.138 e. The van der Waals surface area contributed by atoms with Crippen molar-refractivity contribution in [2.75, 3.05) is 0 Å². The molecule has 6 heteroatoms. The van der Waals surface area contributed by atoms with Crippen molar-refractivity contribution in [3.05, 3.63) is 79.0 Å². The van der Waals surface area contributed by atoms with Crippen LogP contribution >= 0.6 is 47.8 Å². The van der Waals surface area contributed by atoms with Crippen LogP contribution in [0.4, 0.5) is 0 Å². The molecule has 126 valence electrons. The molecule has 1 aromatic heterocycles. The fraction of sp³-hybridized carbons (Fsp3) is 0.105. The molecule has 1 aliphatic rings. The van der Waals surface area contributed by atoms with Crippen LogP contribution in [-0.2, 0) is 13.1 Å². The Morgan fingerprint density at radius 2 is 1.68 bits per heavy atom. The molecular formula is C19H14Br3N3. The molecule has 0 spiro atoms. The number of aromatic amines is 1. The lowest BCUT2D eigenvalue weighted by Gasteiger charge is -2.23. The van der Waals surface area contributed by atoms with Crippen molar-refractivity contribution in [2.45, 2.75) is 13.1 Å². The van der Waals surface area contributed by atoms with E-state index in [2.05, 4.69) is 106 Å². The molecule has 0 amide bonds. The Balaban J connectivity index is 1.55. The molecule has 0 aliphatic carbocycles. The van der Waals surface area contributed by atoms with E-state index in [1.165, 1.54) is 5.56 Å². The van der Waals surface area contributed by atoms with Gasteiger partial charge in [-0.2, -0.15) is 0 Å². The summed E-state index contributed by atoms with van der Waals surface area (Å²) in [5.41, 5.74) is 4.50. The van der Waals surface area contributed by atoms with Crippen molar-refractivity contribution in [1.82, 2.24) is 14.9 Å². The Morgan fingerprint density at radius 1 is 0.960 bits per heavy atom. The van der Waals surface area contributed by atoms with Gasteiger partial charge in [0.15, 0.2) is 0 Å². The Labute approximate surface area is 171 Å². The minimum absolute atomic E-state index is 0.823. The molecule has 1 N–H and O–H groups in total. The second kappa shape index (κ2) is 7.09. The standard InChI is InChI=1S/C19H14Br3N3/c20-14-3-1-12(2-4-14)10-25-6-5-17-18(11-25)24-19(23-17)13-7-15(21)9-16(22)8-13/h1-9H,10-11H2,(H,23,24). The zero-order valence-electron chi connectivity index (χ0n) is 13.1. The van der Waals surface area contributed by atoms with Crippen LogP contribution in [0.3, 0.4) is 0 Å². The normalized spacial score (nSPS) is 13.2. The number of hydrogen-bond donors (Lipinski definition) is 1. The summed E-state index contributed by atoms with van der Waals surface area (Å²) in [5, 5.41) is 0. The Morgan fingerprint density at radius 3 is 2.40 bits per heavy atom. The predicted octanol–water partition coefficient (Wildman–Crippen LogP) is 6.35. The Bertz CT molecular complexity index is 925. The molecule has 3 nitrogen and oxygen atoms in total. The van der Waals surface area contributed by atoms with Crippen molar-refractivity contribution >= 4 is 53.9 Å². The van der Waals surface area contributed by atoms with Crippen LogP contribution in [0.1, 0.15) is 17.0 Å². The molecule has 2 aromatic carbocycles. The molecule has 0 saturated heterocycles. The molecule has 0 unspecified atom stereocenters. The molecule has 3 aromatic rings. The average Bonchev–Trinajstić information content (AvgIpc) is 2.99. The van der Waals surface area contributed by atoms with Crippen molar-refractivity contribution in [3.8, 4) is 11.4 Å². The van der Waals surface area contributed by atoms with Gasteiger partial charge in [-0.1, -0.05) is 59.9 Å². The van der Waals surface area contributed by atoms with Crippen LogP contribution in [0.5, 0.6) is 0 Å². The molecule has 0 saturated carbocycles. The van der Waals surface area contributed by atoms with Gasteiger partial charge < -0.3 is 9.88 Å². The first-order chi connectivity index (χ1) is 12.1. The van der Waals surface area contributed by atoms with Gasteiger partial charge in [0, 0.05) is 31.7 Å². The smallest absolute Gasteiger partial charge is 0.138 e. The van der Waals surface area contributed by atoms with E-state index in [0.29, 0.717) is 0 Å². The first kappa shape index (κ1) is 17.1. The number of halogens is 3. The van der Waals surface area contributed by atoms with Crippen LogP contribution < -0.4 is 0 Å². The zero-order chi connectivity index (χ0) is 17.4. The van der Waals surface area contributed by atoms with Crippen LogP contribution in [0.2, 0.25) is 0 Å². The molecule has 4 rings (SSSR count). The van der Waals surface area contributed by atoms with Crippen LogP contribution in [0.25, 0.3) is 17.5 Å². The van der Waals surface area contributed by atoms with Gasteiger partial charge in [0.05, 0.1) is 17.9 Å². The average molecular weight is 524 g/mol. The second-order valence-electron chi connectivity index (χ2n) is 5.95. The van der Waals surface area contributed by atoms with E-state index in [9.17, 15) is 0 Å². The number of H-pyrrole nitrogens is 1. The summed E-state index contributed by atoms with van der Waals surface area (Å²) in [6, 6.07) is 14.6. The first-order valence-electron chi connectivity index (χ1n) is 7.79. The van der Waals surface area contributed by atoms with E-state index in [4.69, 9.17) is 4.98 Å². The first-order valence-corrected chi connectivity index (χ1v) is 10.2. The molecular weight excluding hydrogens is 510 g/mol. The highest BCUT2D eigenvalue weighted by atomic mass is 79.9. The van der Waals surface area contributed by atoms with Crippen molar-refractivity contribution in [2.24, 2.45) is 0 Å². The largest absolute Gasteiger partial charge is 0.367 e. The number of rotatable bonds is 3. The summed E-state index contributed by atoms with van der Waals surface area (Å²) >= 11 is 10.6. The molecule has 0 fully saturated rings. The number of fused-ring (bicyclic) bond motifs is 1. The summed E-state index contributed by atoms with van der Waals surface area (Å²) < 4.78 is 3.16. The lowest BCUT2D eigenvalue weighted by molar-refractivity contribution is 0.355. The summed E-state index contributed by atoms with van der Waals surface area (Å²) in [4.78, 5) is 10.5. The summed E-state index contributed by atoms with van der Waals surface area (Å²) in [5.74, 6) is 0.891. The molecule has 25 heavy (non-hydrogen) atoms. The molecule has 2 heterocycles. The lowest BCUT2D eigenvalue weighted by atomic mass is 10.2. The monoisotopic (exact) mass is 521 g/mol. The maximum absolute atomic E-state index is 4.74. The van der Waals surface area contributed by atoms with Crippen molar-refractivity contribution in [1.29, 1.82) is 0 Å². The highest BCUT2D eigenvalue weighted by Crippen LogP contribution is 2.29. The number of nitrogens with zero attached hydrogens (tertiary/aromatic N) is 2. The number of imidazole rings is 1. The van der Waals surface area contributed by atoms with Gasteiger partial charge in [-0.3, -0.25) is 0 Å². The van der Waals surface area contributed by atoms with Crippen LogP contribution in [0.15, 0.2) is 62.1 Å².